The number of aliphatic hydroxyl groups is 1. The van der Waals surface area contributed by atoms with Gasteiger partial charge in [0.15, 0.2) is 0 Å². The minimum Gasteiger partial charge on any atom is -0.394 e. The first kappa shape index (κ1) is 26.4. The van der Waals surface area contributed by atoms with E-state index in [1.54, 1.807) is 0 Å². The molecule has 0 radical (unpaired) electrons. The van der Waals surface area contributed by atoms with E-state index in [0.29, 0.717) is 19.4 Å². The molecule has 2 bridgehead atoms. The van der Waals surface area contributed by atoms with Crippen molar-refractivity contribution < 1.29 is 24.2 Å². The molecule has 3 N–H and O–H groups in total. The van der Waals surface area contributed by atoms with Gasteiger partial charge in [0.05, 0.1) is 30.1 Å². The number of hydrogen-bond donors (Lipinski definition) is 3. The fourth-order valence-corrected chi connectivity index (χ4v) is 6.76. The van der Waals surface area contributed by atoms with Crippen molar-refractivity contribution in [2.45, 2.75) is 75.9 Å². The van der Waals surface area contributed by atoms with E-state index in [4.69, 9.17) is 4.74 Å². The Morgan fingerprint density at radius 1 is 1.05 bits per heavy atom. The fraction of sp³-hybridized carbons (Fsp3) is 0.500. The van der Waals surface area contributed by atoms with Crippen molar-refractivity contribution >= 4 is 17.7 Å². The number of rotatable bonds is 7. The summed E-state index contributed by atoms with van der Waals surface area (Å²) in [5, 5.41) is 16.6. The largest absolute Gasteiger partial charge is 0.394 e. The Morgan fingerprint density at radius 2 is 1.68 bits per heavy atom. The normalized spacial score (nSPS) is 30.7. The number of hydrogen-bond acceptors (Lipinski definition) is 5. The maximum atomic E-state index is 14.3. The zero-order chi connectivity index (χ0) is 27.3. The second-order valence-electron chi connectivity index (χ2n) is 12.0. The van der Waals surface area contributed by atoms with Crippen molar-refractivity contribution in [3.05, 3.63) is 71.8 Å². The number of benzene rings is 2. The lowest BCUT2D eigenvalue weighted by atomic mass is 9.66. The monoisotopic (exact) mass is 519 g/mol. The van der Waals surface area contributed by atoms with Crippen LogP contribution in [0, 0.1) is 11.8 Å². The molecule has 8 heteroatoms. The Hall–Kier alpha value is -3.23. The zero-order valence-electron chi connectivity index (χ0n) is 22.4. The summed E-state index contributed by atoms with van der Waals surface area (Å²) in [6, 6.07) is 17.1. The van der Waals surface area contributed by atoms with Crippen LogP contribution in [-0.4, -0.2) is 57.1 Å². The molecule has 38 heavy (non-hydrogen) atoms. The predicted octanol–water partition coefficient (Wildman–Crippen LogP) is 2.72. The van der Waals surface area contributed by atoms with Crippen LogP contribution in [0.2, 0.25) is 0 Å². The summed E-state index contributed by atoms with van der Waals surface area (Å²) < 4.78 is 6.67. The molecule has 3 saturated heterocycles. The van der Waals surface area contributed by atoms with E-state index in [1.165, 1.54) is 4.90 Å². The molecule has 3 amide bonds. The van der Waals surface area contributed by atoms with Gasteiger partial charge in [0, 0.05) is 12.1 Å². The number of fused-ring (bicyclic) bond motifs is 1. The first-order valence-electron chi connectivity index (χ1n) is 13.3. The van der Waals surface area contributed by atoms with Gasteiger partial charge in [-0.25, -0.2) is 0 Å². The Kier molecular flexibility index (Phi) is 6.60. The van der Waals surface area contributed by atoms with E-state index in [9.17, 15) is 19.5 Å². The fourth-order valence-electron chi connectivity index (χ4n) is 6.76. The van der Waals surface area contributed by atoms with Crippen molar-refractivity contribution in [2.24, 2.45) is 11.8 Å². The van der Waals surface area contributed by atoms with Crippen molar-refractivity contribution in [1.29, 1.82) is 0 Å². The van der Waals surface area contributed by atoms with E-state index < -0.39 is 40.7 Å². The molecular formula is C30H37N3O5. The van der Waals surface area contributed by atoms with Gasteiger partial charge >= 0.3 is 0 Å². The van der Waals surface area contributed by atoms with Gasteiger partial charge in [0.1, 0.15) is 11.6 Å². The molecule has 1 spiro atoms. The number of nitrogens with one attached hydrogen (secondary N) is 2. The molecule has 202 valence electrons. The molecule has 3 aliphatic rings. The molecule has 2 aromatic carbocycles. The maximum absolute atomic E-state index is 14.3. The van der Waals surface area contributed by atoms with Gasteiger partial charge in [0.2, 0.25) is 17.7 Å². The summed E-state index contributed by atoms with van der Waals surface area (Å²) in [5.41, 5.74) is -0.891. The van der Waals surface area contributed by atoms with Crippen LogP contribution < -0.4 is 10.6 Å². The van der Waals surface area contributed by atoms with Crippen LogP contribution >= 0.6 is 0 Å². The molecule has 0 aliphatic carbocycles. The average Bonchev–Trinajstić information content (AvgIpc) is 3.44. The van der Waals surface area contributed by atoms with Crippen molar-refractivity contribution in [2.75, 3.05) is 6.61 Å². The molecule has 6 atom stereocenters. The third-order valence-corrected chi connectivity index (χ3v) is 8.25. The van der Waals surface area contributed by atoms with Crippen LogP contribution in [0.25, 0.3) is 0 Å². The highest BCUT2D eigenvalue weighted by Crippen LogP contribution is 2.64. The topological polar surface area (TPSA) is 108 Å². The summed E-state index contributed by atoms with van der Waals surface area (Å²) in [7, 11) is 0. The van der Waals surface area contributed by atoms with Crippen LogP contribution in [-0.2, 0) is 25.7 Å². The van der Waals surface area contributed by atoms with E-state index in [1.807, 2.05) is 88.4 Å². The second kappa shape index (κ2) is 9.50. The number of ether oxygens (including phenoxy) is 1. The zero-order valence-corrected chi connectivity index (χ0v) is 22.4. The Morgan fingerprint density at radius 3 is 2.29 bits per heavy atom. The van der Waals surface area contributed by atoms with Crippen molar-refractivity contribution in [1.82, 2.24) is 15.5 Å². The average molecular weight is 520 g/mol. The van der Waals surface area contributed by atoms with Crippen LogP contribution in [0.1, 0.15) is 57.7 Å². The van der Waals surface area contributed by atoms with Gasteiger partial charge in [-0.3, -0.25) is 14.4 Å². The van der Waals surface area contributed by atoms with Gasteiger partial charge in [-0.15, -0.1) is 0 Å². The highest BCUT2D eigenvalue weighted by molar-refractivity contribution is 5.99. The van der Waals surface area contributed by atoms with E-state index >= 15 is 0 Å². The van der Waals surface area contributed by atoms with E-state index in [0.717, 1.165) is 11.1 Å². The van der Waals surface area contributed by atoms with Crippen molar-refractivity contribution in [3.8, 4) is 0 Å². The van der Waals surface area contributed by atoms with Crippen LogP contribution in [0.5, 0.6) is 0 Å². The summed E-state index contributed by atoms with van der Waals surface area (Å²) in [4.78, 5) is 43.4. The van der Waals surface area contributed by atoms with Gasteiger partial charge in [0.25, 0.3) is 0 Å². The number of aliphatic hydroxyl groups excluding tert-OH is 1. The summed E-state index contributed by atoms with van der Waals surface area (Å²) in [6.07, 6.45) is 1.04. The molecule has 0 saturated carbocycles. The van der Waals surface area contributed by atoms with Crippen molar-refractivity contribution in [3.63, 3.8) is 0 Å². The number of carbonyl (C=O) groups excluding carboxylic acids is 3. The Labute approximate surface area is 223 Å². The third-order valence-electron chi connectivity index (χ3n) is 8.25. The molecule has 3 fully saturated rings. The van der Waals surface area contributed by atoms with Gasteiger partial charge < -0.3 is 25.4 Å². The van der Waals surface area contributed by atoms with Crippen LogP contribution in [0.15, 0.2) is 60.7 Å². The third kappa shape index (κ3) is 4.29. The molecular weight excluding hydrogens is 482 g/mol. The number of carbonyl (C=O) groups is 3. The molecule has 8 nitrogen and oxygen atoms in total. The SMILES string of the molecule is CC(C)(C)NC(=O)C1N([C@H](CO)c2ccccc2)C(=O)[C@@H]2[C@@H](C(=O)NCc3ccccc3)[C@@]3(C)CCC12O3. The molecule has 5 rings (SSSR count). The highest BCUT2D eigenvalue weighted by Gasteiger charge is 2.78. The lowest BCUT2D eigenvalue weighted by Crippen LogP contribution is -2.59. The standard InChI is InChI=1S/C30H37N3O5/c1-28(2,3)32-26(36)24-30-16-15-29(4,38-30)22(25(35)31-17-19-11-7-5-8-12-19)23(30)27(37)33(24)21(18-34)20-13-9-6-10-14-20/h5-14,21-24,34H,15-18H2,1-4H3,(H,31,35)(H,32,36)/t21-,22+,23+,24?,29-,30?/m1/s1. The number of amides is 3. The van der Waals surface area contributed by atoms with Gasteiger partial charge in [-0.05, 0) is 51.7 Å². The van der Waals surface area contributed by atoms with Crippen LogP contribution in [0.4, 0.5) is 0 Å². The Bertz CT molecular complexity index is 1210. The molecule has 2 aromatic rings. The highest BCUT2D eigenvalue weighted by atomic mass is 16.5. The smallest absolute Gasteiger partial charge is 0.246 e. The van der Waals surface area contributed by atoms with Gasteiger partial charge in [-0.2, -0.15) is 0 Å². The maximum Gasteiger partial charge on any atom is 0.246 e. The summed E-state index contributed by atoms with van der Waals surface area (Å²) >= 11 is 0. The minimum absolute atomic E-state index is 0.256. The quantitative estimate of drug-likeness (QED) is 0.521. The van der Waals surface area contributed by atoms with E-state index in [-0.39, 0.29) is 24.3 Å². The molecule has 3 heterocycles. The lowest BCUT2D eigenvalue weighted by Gasteiger charge is -2.38. The first-order chi connectivity index (χ1) is 18.0. The number of nitrogens with zero attached hydrogens (tertiary/aromatic N) is 1. The molecule has 2 unspecified atom stereocenters. The number of likely N-dealkylation sites (tertiary alicyclic amines) is 1. The van der Waals surface area contributed by atoms with Crippen LogP contribution in [0.3, 0.4) is 0 Å². The lowest BCUT2D eigenvalue weighted by molar-refractivity contribution is -0.150. The molecule has 0 aromatic heterocycles. The molecule has 3 aliphatic heterocycles. The summed E-state index contributed by atoms with van der Waals surface area (Å²) in [5.74, 6) is -2.50. The van der Waals surface area contributed by atoms with E-state index in [2.05, 4.69) is 10.6 Å². The minimum atomic E-state index is -1.15. The summed E-state index contributed by atoms with van der Waals surface area (Å²) in [6.45, 7) is 7.51. The first-order valence-corrected chi connectivity index (χ1v) is 13.3. The predicted molar refractivity (Wildman–Crippen MR) is 142 cm³/mol. The van der Waals surface area contributed by atoms with Gasteiger partial charge in [-0.1, -0.05) is 60.7 Å². The second-order valence-corrected chi connectivity index (χ2v) is 12.0. The Balaban J connectivity index is 1.54.